The zero-order valence-electron chi connectivity index (χ0n) is 19.8. The number of unbranched alkanes of at least 4 members (excludes halogenated alkanes) is 1. The summed E-state index contributed by atoms with van der Waals surface area (Å²) in [6.07, 6.45) is -1.31. The predicted molar refractivity (Wildman–Crippen MR) is 132 cm³/mol. The summed E-state index contributed by atoms with van der Waals surface area (Å²) >= 11 is 11.3. The van der Waals surface area contributed by atoms with Crippen LogP contribution in [0.2, 0.25) is 0 Å². The summed E-state index contributed by atoms with van der Waals surface area (Å²) < 4.78 is 55.6. The van der Waals surface area contributed by atoms with E-state index in [9.17, 15) is 13.2 Å². The Bertz CT molecular complexity index is 906. The molecule has 2 aromatic carbocycles. The van der Waals surface area contributed by atoms with Gasteiger partial charge in [0.2, 0.25) is 0 Å². The van der Waals surface area contributed by atoms with Crippen LogP contribution in [-0.2, 0) is 6.18 Å². The molecule has 0 fully saturated rings. The van der Waals surface area contributed by atoms with E-state index in [1.54, 1.807) is 6.08 Å². The number of ether oxygens (including phenoxy) is 3. The predicted octanol–water partition coefficient (Wildman–Crippen LogP) is 8.89. The largest absolute Gasteiger partial charge is 0.494 e. The van der Waals surface area contributed by atoms with Crippen LogP contribution in [0.3, 0.4) is 0 Å². The summed E-state index contributed by atoms with van der Waals surface area (Å²) in [7, 11) is 0. The van der Waals surface area contributed by atoms with Crippen LogP contribution in [0.15, 0.2) is 47.0 Å². The lowest BCUT2D eigenvalue weighted by molar-refractivity contribution is -0.137. The van der Waals surface area contributed by atoms with E-state index in [-0.39, 0.29) is 22.9 Å². The lowest BCUT2D eigenvalue weighted by Gasteiger charge is -2.22. The van der Waals surface area contributed by atoms with E-state index in [4.69, 9.17) is 37.4 Å². The monoisotopic (exact) mass is 518 g/mol. The Labute approximate surface area is 209 Å². The molecule has 0 N–H and O–H groups in total. The average Bonchev–Trinajstić information content (AvgIpc) is 2.75. The Kier molecular flexibility index (Phi) is 10.9. The molecule has 0 aliphatic rings. The minimum Gasteiger partial charge on any atom is -0.494 e. The van der Waals surface area contributed by atoms with Crippen LogP contribution in [0.1, 0.15) is 69.1 Å². The molecule has 3 nitrogen and oxygen atoms in total. The second-order valence-electron chi connectivity index (χ2n) is 8.47. The van der Waals surface area contributed by atoms with Crippen molar-refractivity contribution in [3.8, 4) is 17.2 Å². The lowest BCUT2D eigenvalue weighted by Crippen LogP contribution is -2.08. The highest BCUT2D eigenvalue weighted by molar-refractivity contribution is 6.55. The van der Waals surface area contributed by atoms with Gasteiger partial charge in [0, 0.05) is 11.1 Å². The zero-order chi connectivity index (χ0) is 25.3. The molecule has 0 aliphatic carbocycles. The Morgan fingerprint density at radius 1 is 0.824 bits per heavy atom. The van der Waals surface area contributed by atoms with Gasteiger partial charge < -0.3 is 14.2 Å². The van der Waals surface area contributed by atoms with Crippen molar-refractivity contribution in [3.63, 3.8) is 0 Å². The summed E-state index contributed by atoms with van der Waals surface area (Å²) in [4.78, 5) is 0. The van der Waals surface area contributed by atoms with Gasteiger partial charge in [0.05, 0.1) is 18.8 Å². The van der Waals surface area contributed by atoms with E-state index in [0.29, 0.717) is 25.4 Å². The van der Waals surface area contributed by atoms with Crippen LogP contribution in [0.5, 0.6) is 17.2 Å². The van der Waals surface area contributed by atoms with Gasteiger partial charge in [-0.3, -0.25) is 0 Å². The van der Waals surface area contributed by atoms with Crippen molar-refractivity contribution in [1.29, 1.82) is 0 Å². The molecule has 0 unspecified atom stereocenters. The smallest absolute Gasteiger partial charge is 0.416 e. The lowest BCUT2D eigenvalue weighted by atomic mass is 9.93. The van der Waals surface area contributed by atoms with Crippen LogP contribution >= 0.6 is 23.2 Å². The molecule has 2 aromatic rings. The minimum atomic E-state index is -4.35. The standard InChI is InChI=1S/C26H31Cl2F3O3/c1-17(2)22-15-21(33-14-11-24(27)28)16-23(18(3)4)25(22)34-13-6-5-12-32-20-9-7-19(8-10-20)26(29,30)31/h7-11,15-18H,5-6,12-14H2,1-4H3. The molecule has 0 bridgehead atoms. The number of hydrogen-bond acceptors (Lipinski definition) is 3. The molecule has 8 heteroatoms. The first-order chi connectivity index (χ1) is 16.0. The Balaban J connectivity index is 1.94. The summed E-state index contributed by atoms with van der Waals surface area (Å²) in [6, 6.07) is 8.68. The maximum Gasteiger partial charge on any atom is 0.416 e. The summed E-state index contributed by atoms with van der Waals surface area (Å²) in [6.45, 7) is 9.57. The first-order valence-corrected chi connectivity index (χ1v) is 12.0. The second kappa shape index (κ2) is 13.1. The molecule has 0 aromatic heterocycles. The van der Waals surface area contributed by atoms with Crippen molar-refractivity contribution < 1.29 is 27.4 Å². The molecule has 0 spiro atoms. The van der Waals surface area contributed by atoms with E-state index in [1.165, 1.54) is 12.1 Å². The normalized spacial score (nSPS) is 11.6. The van der Waals surface area contributed by atoms with Gasteiger partial charge in [-0.2, -0.15) is 13.2 Å². The van der Waals surface area contributed by atoms with Gasteiger partial charge in [0.15, 0.2) is 0 Å². The topological polar surface area (TPSA) is 27.7 Å². The third-order valence-electron chi connectivity index (χ3n) is 5.09. The molecular weight excluding hydrogens is 488 g/mol. The highest BCUT2D eigenvalue weighted by Crippen LogP contribution is 2.38. The maximum absolute atomic E-state index is 12.6. The Morgan fingerprint density at radius 3 is 1.82 bits per heavy atom. The van der Waals surface area contributed by atoms with Gasteiger partial charge in [0.1, 0.15) is 28.3 Å². The van der Waals surface area contributed by atoms with E-state index >= 15 is 0 Å². The molecule has 0 saturated heterocycles. The fraction of sp³-hybridized carbons (Fsp3) is 0.462. The van der Waals surface area contributed by atoms with Crippen molar-refractivity contribution in [2.24, 2.45) is 0 Å². The van der Waals surface area contributed by atoms with Crippen molar-refractivity contribution in [3.05, 3.63) is 63.7 Å². The first kappa shape index (κ1) is 28.2. The third-order valence-corrected chi connectivity index (χ3v) is 5.40. The summed E-state index contributed by atoms with van der Waals surface area (Å²) in [5, 5.41) is 0. The van der Waals surface area contributed by atoms with E-state index in [2.05, 4.69) is 27.7 Å². The van der Waals surface area contributed by atoms with Gasteiger partial charge in [-0.05, 0) is 67.2 Å². The first-order valence-electron chi connectivity index (χ1n) is 11.2. The zero-order valence-corrected chi connectivity index (χ0v) is 21.4. The van der Waals surface area contributed by atoms with E-state index < -0.39 is 11.7 Å². The molecule has 0 saturated carbocycles. The molecule has 0 radical (unpaired) electrons. The van der Waals surface area contributed by atoms with Gasteiger partial charge in [0.25, 0.3) is 0 Å². The fourth-order valence-corrected chi connectivity index (χ4v) is 3.39. The molecule has 34 heavy (non-hydrogen) atoms. The third kappa shape index (κ3) is 8.95. The molecular formula is C26H31Cl2F3O3. The van der Waals surface area contributed by atoms with Crippen LogP contribution in [-0.4, -0.2) is 19.8 Å². The molecule has 0 heterocycles. The average molecular weight is 519 g/mol. The van der Waals surface area contributed by atoms with Crippen molar-refractivity contribution >= 4 is 23.2 Å². The van der Waals surface area contributed by atoms with Crippen molar-refractivity contribution in [1.82, 2.24) is 0 Å². The van der Waals surface area contributed by atoms with E-state index in [0.717, 1.165) is 41.2 Å². The van der Waals surface area contributed by atoms with Crippen LogP contribution in [0.4, 0.5) is 13.2 Å². The quantitative estimate of drug-likeness (QED) is 0.262. The second-order valence-corrected chi connectivity index (χ2v) is 9.48. The number of halogens is 5. The maximum atomic E-state index is 12.6. The van der Waals surface area contributed by atoms with Crippen LogP contribution < -0.4 is 14.2 Å². The van der Waals surface area contributed by atoms with Gasteiger partial charge in [-0.1, -0.05) is 50.9 Å². The highest BCUT2D eigenvalue weighted by atomic mass is 35.5. The number of alkyl halides is 3. The molecule has 0 aliphatic heterocycles. The summed E-state index contributed by atoms with van der Waals surface area (Å²) in [5.41, 5.74) is 1.43. The van der Waals surface area contributed by atoms with Crippen LogP contribution in [0.25, 0.3) is 0 Å². The molecule has 0 amide bonds. The van der Waals surface area contributed by atoms with E-state index in [1.807, 2.05) is 12.1 Å². The SMILES string of the molecule is CC(C)c1cc(OCC=C(Cl)Cl)cc(C(C)C)c1OCCCCOc1ccc(C(F)(F)F)cc1. The minimum absolute atomic E-state index is 0.162. The van der Waals surface area contributed by atoms with Crippen molar-refractivity contribution in [2.75, 3.05) is 19.8 Å². The molecule has 188 valence electrons. The summed E-state index contributed by atoms with van der Waals surface area (Å²) in [5.74, 6) is 2.47. The molecule has 0 atom stereocenters. The molecule has 2 rings (SSSR count). The van der Waals surface area contributed by atoms with Crippen molar-refractivity contribution in [2.45, 2.75) is 58.5 Å². The van der Waals surface area contributed by atoms with Crippen LogP contribution in [0, 0.1) is 0 Å². The number of benzene rings is 2. The fourth-order valence-electron chi connectivity index (χ4n) is 3.26. The highest BCUT2D eigenvalue weighted by Gasteiger charge is 2.30. The Morgan fingerprint density at radius 2 is 1.35 bits per heavy atom. The van der Waals surface area contributed by atoms with Gasteiger partial charge >= 0.3 is 6.18 Å². The Hall–Kier alpha value is -2.05. The van der Waals surface area contributed by atoms with Gasteiger partial charge in [-0.25, -0.2) is 0 Å². The number of rotatable bonds is 12. The van der Waals surface area contributed by atoms with Gasteiger partial charge in [-0.15, -0.1) is 0 Å². The number of hydrogen-bond donors (Lipinski definition) is 0.